The molecule has 0 unspecified atom stereocenters. The highest BCUT2D eigenvalue weighted by atomic mass is 16.1. The number of allylic oxidation sites excluding steroid dienone is 28. The second-order valence-electron chi connectivity index (χ2n) is 11.1. The molecule has 2 heteroatoms. The van der Waals surface area contributed by atoms with E-state index >= 15 is 0 Å². The zero-order valence-electron chi connectivity index (χ0n) is 27.1. The zero-order valence-corrected chi connectivity index (χ0v) is 27.1. The van der Waals surface area contributed by atoms with Gasteiger partial charge in [-0.25, -0.2) is 0 Å². The van der Waals surface area contributed by atoms with E-state index in [1.165, 1.54) is 0 Å². The molecule has 0 heterocycles. The van der Waals surface area contributed by atoms with E-state index < -0.39 is 0 Å². The first-order valence-corrected chi connectivity index (χ1v) is 14.4. The first kappa shape index (κ1) is 33.9. The molecule has 0 aliphatic heterocycles. The molecule has 0 radical (unpaired) electrons. The average molecular weight is 559 g/mol. The fourth-order valence-electron chi connectivity index (χ4n) is 4.41. The molecule has 0 aromatic rings. The molecule has 2 rings (SSSR count). The fraction of sp³-hybridized carbons (Fsp3) is 0.250. The van der Waals surface area contributed by atoms with E-state index in [9.17, 15) is 9.59 Å². The first-order chi connectivity index (χ1) is 19.8. The molecule has 0 aromatic carbocycles. The summed E-state index contributed by atoms with van der Waals surface area (Å²) in [7, 11) is 0. The normalized spacial score (nSPS) is 20.6. The smallest absolute Gasteiger partial charge is 0.182 e. The average Bonchev–Trinajstić information content (AvgIpc) is 2.92. The molecule has 0 spiro atoms. The molecule has 0 saturated carbocycles. The summed E-state index contributed by atoms with van der Waals surface area (Å²) in [6.07, 6.45) is 32.5. The Labute approximate surface area is 254 Å². The highest BCUT2D eigenvalue weighted by Gasteiger charge is 2.17. The number of carbonyl (C=O) groups excluding carboxylic acids is 2. The van der Waals surface area contributed by atoms with Crippen LogP contribution in [0.4, 0.5) is 0 Å². The molecule has 0 saturated heterocycles. The molecular formula is C40H46O2. The minimum absolute atomic E-state index is 0.105. The Balaban J connectivity index is 1.93. The van der Waals surface area contributed by atoms with E-state index in [0.717, 1.165) is 66.9 Å². The van der Waals surface area contributed by atoms with Gasteiger partial charge in [0, 0.05) is 0 Å². The van der Waals surface area contributed by atoms with Gasteiger partial charge in [-0.2, -0.15) is 0 Å². The van der Waals surface area contributed by atoms with Gasteiger partial charge in [-0.15, -0.1) is 0 Å². The fourth-order valence-corrected chi connectivity index (χ4v) is 4.41. The molecule has 2 aliphatic rings. The summed E-state index contributed by atoms with van der Waals surface area (Å²) in [6, 6.07) is 0. The number of hydrogen-bond acceptors (Lipinski definition) is 2. The van der Waals surface area contributed by atoms with Gasteiger partial charge < -0.3 is 0 Å². The van der Waals surface area contributed by atoms with Crippen molar-refractivity contribution in [1.82, 2.24) is 0 Å². The highest BCUT2D eigenvalue weighted by molar-refractivity contribution is 6.08. The molecular weight excluding hydrogens is 512 g/mol. The summed E-state index contributed by atoms with van der Waals surface area (Å²) in [5.74, 6) is 0.210. The van der Waals surface area contributed by atoms with Crippen molar-refractivity contribution in [3.05, 3.63) is 164 Å². The summed E-state index contributed by atoms with van der Waals surface area (Å²) in [5.41, 5.74) is 12.6. The van der Waals surface area contributed by atoms with Gasteiger partial charge in [0.05, 0.1) is 0 Å². The SMILES string of the molecule is CC1=CC(=O)C(C)=C(C)/C1=C/C=C(C)/C=C/C=C(C)/C=C/C=C/C(C)=C/C=C/C(C)=C/C=C1\C(C)=CC(=O)C(C)=C1C. The Morgan fingerprint density at radius 2 is 0.762 bits per heavy atom. The van der Waals surface area contributed by atoms with E-state index in [1.807, 2.05) is 53.7 Å². The van der Waals surface area contributed by atoms with Gasteiger partial charge in [0.25, 0.3) is 0 Å². The second kappa shape index (κ2) is 16.2. The predicted molar refractivity (Wildman–Crippen MR) is 182 cm³/mol. The molecule has 218 valence electrons. The molecule has 0 N–H and O–H groups in total. The minimum Gasteiger partial charge on any atom is -0.290 e. The molecule has 0 amide bonds. The van der Waals surface area contributed by atoms with Crippen molar-refractivity contribution < 1.29 is 9.59 Å². The largest absolute Gasteiger partial charge is 0.290 e. The van der Waals surface area contributed by atoms with Crippen LogP contribution in [0.3, 0.4) is 0 Å². The van der Waals surface area contributed by atoms with Crippen LogP contribution in [0.2, 0.25) is 0 Å². The van der Waals surface area contributed by atoms with Crippen LogP contribution in [0, 0.1) is 0 Å². The van der Waals surface area contributed by atoms with Crippen LogP contribution in [-0.4, -0.2) is 11.6 Å². The predicted octanol–water partition coefficient (Wildman–Crippen LogP) is 10.6. The van der Waals surface area contributed by atoms with Crippen molar-refractivity contribution in [2.24, 2.45) is 0 Å². The topological polar surface area (TPSA) is 34.1 Å². The van der Waals surface area contributed by atoms with Crippen LogP contribution in [0.1, 0.15) is 69.2 Å². The van der Waals surface area contributed by atoms with Crippen LogP contribution < -0.4 is 0 Å². The molecule has 2 aliphatic carbocycles. The maximum atomic E-state index is 12.0. The second-order valence-corrected chi connectivity index (χ2v) is 11.1. The minimum atomic E-state index is 0.105. The van der Waals surface area contributed by atoms with Gasteiger partial charge >= 0.3 is 0 Å². The van der Waals surface area contributed by atoms with Gasteiger partial charge in [0.1, 0.15) is 0 Å². The quantitative estimate of drug-likeness (QED) is 0.264. The Morgan fingerprint density at radius 3 is 1.12 bits per heavy atom. The zero-order chi connectivity index (χ0) is 31.4. The summed E-state index contributed by atoms with van der Waals surface area (Å²) in [6.45, 7) is 20.1. The Hall–Kier alpha value is -4.30. The van der Waals surface area contributed by atoms with Gasteiger partial charge in [0.2, 0.25) is 0 Å². The van der Waals surface area contributed by atoms with E-state index in [2.05, 4.69) is 101 Å². The number of rotatable bonds is 9. The van der Waals surface area contributed by atoms with Crippen molar-refractivity contribution in [2.75, 3.05) is 0 Å². The maximum absolute atomic E-state index is 12.0. The van der Waals surface area contributed by atoms with Gasteiger partial charge in [-0.1, -0.05) is 107 Å². The van der Waals surface area contributed by atoms with Crippen molar-refractivity contribution in [1.29, 1.82) is 0 Å². The van der Waals surface area contributed by atoms with E-state index in [0.29, 0.717) is 0 Å². The lowest BCUT2D eigenvalue weighted by molar-refractivity contribution is -0.112. The molecule has 0 atom stereocenters. The monoisotopic (exact) mass is 558 g/mol. The lowest BCUT2D eigenvalue weighted by Crippen LogP contribution is -2.07. The lowest BCUT2D eigenvalue weighted by atomic mass is 9.88. The van der Waals surface area contributed by atoms with Gasteiger partial charge in [0.15, 0.2) is 11.6 Å². The lowest BCUT2D eigenvalue weighted by Gasteiger charge is -2.16. The number of ketones is 2. The van der Waals surface area contributed by atoms with Crippen LogP contribution in [0.5, 0.6) is 0 Å². The summed E-state index contributed by atoms with van der Waals surface area (Å²) < 4.78 is 0. The third-order valence-corrected chi connectivity index (χ3v) is 7.51. The van der Waals surface area contributed by atoms with Crippen LogP contribution in [-0.2, 0) is 9.59 Å². The van der Waals surface area contributed by atoms with Crippen LogP contribution in [0.25, 0.3) is 0 Å². The third-order valence-electron chi connectivity index (χ3n) is 7.51. The standard InChI is InChI=1S/C40H46O2/c1-27(17-13-19-29(3)21-23-37-31(5)25-39(41)35(9)33(37)7)15-11-12-16-28(2)18-14-20-30(4)22-24-38-32(6)26-40(42)36(10)34(38)8/h11-26H,1-10H3/b15-11+,16-12+,19-13+,20-14+,27-17+,28-18+,29-21+,30-22+,37-23+,38-24+. The van der Waals surface area contributed by atoms with E-state index in [-0.39, 0.29) is 11.6 Å². The van der Waals surface area contributed by atoms with Crippen molar-refractivity contribution in [2.45, 2.75) is 69.2 Å². The highest BCUT2D eigenvalue weighted by Crippen LogP contribution is 2.28. The van der Waals surface area contributed by atoms with Crippen molar-refractivity contribution in [3.63, 3.8) is 0 Å². The van der Waals surface area contributed by atoms with Gasteiger partial charge in [-0.05, 0) is 126 Å². The number of hydrogen-bond donors (Lipinski definition) is 0. The Kier molecular flexibility index (Phi) is 13.1. The Morgan fingerprint density at radius 1 is 0.452 bits per heavy atom. The van der Waals surface area contributed by atoms with Crippen LogP contribution in [0.15, 0.2) is 164 Å². The third kappa shape index (κ3) is 10.3. The van der Waals surface area contributed by atoms with Crippen LogP contribution >= 0.6 is 0 Å². The first-order valence-electron chi connectivity index (χ1n) is 14.4. The van der Waals surface area contributed by atoms with Crippen molar-refractivity contribution in [3.8, 4) is 0 Å². The molecule has 0 fully saturated rings. The Bertz CT molecular complexity index is 1430. The molecule has 0 bridgehead atoms. The summed E-state index contributed by atoms with van der Waals surface area (Å²) in [4.78, 5) is 23.9. The van der Waals surface area contributed by atoms with E-state index in [4.69, 9.17) is 0 Å². The van der Waals surface area contributed by atoms with Crippen molar-refractivity contribution >= 4 is 11.6 Å². The molecule has 2 nitrogen and oxygen atoms in total. The molecule has 0 aromatic heterocycles. The van der Waals surface area contributed by atoms with E-state index in [1.54, 1.807) is 12.2 Å². The molecule has 42 heavy (non-hydrogen) atoms. The maximum Gasteiger partial charge on any atom is 0.182 e. The van der Waals surface area contributed by atoms with Gasteiger partial charge in [-0.3, -0.25) is 9.59 Å². The summed E-state index contributed by atoms with van der Waals surface area (Å²) >= 11 is 0. The number of carbonyl (C=O) groups is 2. The summed E-state index contributed by atoms with van der Waals surface area (Å²) in [5, 5.41) is 0.